The van der Waals surface area contributed by atoms with Crippen molar-refractivity contribution < 1.29 is 8.42 Å². The van der Waals surface area contributed by atoms with Crippen molar-refractivity contribution in [2.24, 2.45) is 22.4 Å². The minimum Gasteiger partial charge on any atom is -0.200 e. The van der Waals surface area contributed by atoms with Crippen LogP contribution in [0.1, 0.15) is 52.5 Å². The van der Waals surface area contributed by atoms with Crippen LogP contribution in [0.4, 0.5) is 0 Å². The van der Waals surface area contributed by atoms with Gasteiger partial charge < -0.3 is 0 Å². The van der Waals surface area contributed by atoms with Gasteiger partial charge in [-0.1, -0.05) is 45.4 Å². The molecule has 0 aliphatic heterocycles. The Kier molecular flexibility index (Phi) is 5.19. The van der Waals surface area contributed by atoms with Gasteiger partial charge in [-0.15, -0.1) is 0 Å². The highest BCUT2D eigenvalue weighted by Crippen LogP contribution is 2.39. The number of hydrogen-bond acceptors (Lipinski definition) is 3. The minimum atomic E-state index is -3.58. The van der Waals surface area contributed by atoms with Crippen LogP contribution in [0.2, 0.25) is 0 Å². The Labute approximate surface area is 140 Å². The van der Waals surface area contributed by atoms with Gasteiger partial charge >= 0.3 is 0 Å². The van der Waals surface area contributed by atoms with Gasteiger partial charge in [0.15, 0.2) is 0 Å². The lowest BCUT2D eigenvalue weighted by molar-refractivity contribution is 0.190. The highest BCUT2D eigenvalue weighted by atomic mass is 32.2. The molecule has 4 nitrogen and oxygen atoms in total. The largest absolute Gasteiger partial charge is 0.276 e. The third-order valence-corrected chi connectivity index (χ3v) is 6.05. The monoisotopic (exact) mass is 336 g/mol. The van der Waals surface area contributed by atoms with E-state index in [9.17, 15) is 8.42 Å². The molecule has 1 aromatic rings. The smallest absolute Gasteiger partial charge is 0.200 e. The number of nitrogens with zero attached hydrogens (tertiary/aromatic N) is 1. The highest BCUT2D eigenvalue weighted by molar-refractivity contribution is 7.89. The predicted molar refractivity (Wildman–Crippen MR) is 94.9 cm³/mol. The second-order valence-corrected chi connectivity index (χ2v) is 9.41. The third-order valence-electron chi connectivity index (χ3n) is 4.82. The summed E-state index contributed by atoms with van der Waals surface area (Å²) in [5, 5.41) is 4.23. The highest BCUT2D eigenvalue weighted by Gasteiger charge is 2.32. The summed E-state index contributed by atoms with van der Waals surface area (Å²) in [4.78, 5) is 2.66. The quantitative estimate of drug-likeness (QED) is 0.844. The van der Waals surface area contributed by atoms with Crippen molar-refractivity contribution in [2.45, 2.75) is 58.8 Å². The Balaban J connectivity index is 2.07. The number of nitrogens with one attached hydrogen (secondary N) is 1. The van der Waals surface area contributed by atoms with Gasteiger partial charge in [0, 0.05) is 5.71 Å². The number of hydrazone groups is 1. The van der Waals surface area contributed by atoms with E-state index < -0.39 is 10.0 Å². The zero-order valence-electron chi connectivity index (χ0n) is 14.8. The van der Waals surface area contributed by atoms with Crippen LogP contribution in [0.5, 0.6) is 0 Å². The van der Waals surface area contributed by atoms with Crippen molar-refractivity contribution in [3.8, 4) is 0 Å². The summed E-state index contributed by atoms with van der Waals surface area (Å²) in [6.45, 7) is 10.9. The topological polar surface area (TPSA) is 58.5 Å². The van der Waals surface area contributed by atoms with Crippen LogP contribution in [0.3, 0.4) is 0 Å². The van der Waals surface area contributed by atoms with Gasteiger partial charge in [-0.25, -0.2) is 4.83 Å². The Morgan fingerprint density at radius 2 is 1.78 bits per heavy atom. The lowest BCUT2D eigenvalue weighted by Gasteiger charge is -2.37. The Hall–Kier alpha value is -1.36. The lowest BCUT2D eigenvalue weighted by Crippen LogP contribution is -2.32. The third kappa shape index (κ3) is 4.56. The normalized spacial score (nSPS) is 24.7. The Morgan fingerprint density at radius 3 is 2.30 bits per heavy atom. The first-order chi connectivity index (χ1) is 10.6. The van der Waals surface area contributed by atoms with Crippen LogP contribution in [-0.2, 0) is 10.0 Å². The number of sulfonamides is 1. The summed E-state index contributed by atoms with van der Waals surface area (Å²) in [6.07, 6.45) is 2.99. The molecule has 2 atom stereocenters. The molecule has 0 spiro atoms. The second-order valence-electron chi connectivity index (χ2n) is 7.75. The van der Waals surface area contributed by atoms with E-state index in [1.807, 2.05) is 6.92 Å². The molecule has 0 heterocycles. The van der Waals surface area contributed by atoms with Gasteiger partial charge in [-0.2, -0.15) is 13.5 Å². The first-order valence-corrected chi connectivity index (χ1v) is 9.73. The summed E-state index contributed by atoms with van der Waals surface area (Å²) in [6, 6.07) is 6.80. The molecule has 1 saturated carbocycles. The molecular weight excluding hydrogens is 308 g/mol. The van der Waals surface area contributed by atoms with E-state index in [2.05, 4.69) is 37.6 Å². The van der Waals surface area contributed by atoms with E-state index in [0.29, 0.717) is 17.3 Å². The number of rotatable bonds is 3. The van der Waals surface area contributed by atoms with Gasteiger partial charge in [0.25, 0.3) is 10.0 Å². The number of benzene rings is 1. The maximum Gasteiger partial charge on any atom is 0.276 e. The van der Waals surface area contributed by atoms with Crippen LogP contribution >= 0.6 is 0 Å². The maximum atomic E-state index is 12.3. The minimum absolute atomic E-state index is 0.253. The Morgan fingerprint density at radius 1 is 1.17 bits per heavy atom. The first kappa shape index (κ1) is 18.0. The molecule has 2 rings (SSSR count). The molecule has 1 aliphatic rings. The van der Waals surface area contributed by atoms with E-state index in [0.717, 1.165) is 30.5 Å². The lowest BCUT2D eigenvalue weighted by atomic mass is 9.69. The van der Waals surface area contributed by atoms with Gasteiger partial charge in [-0.05, 0) is 55.6 Å². The first-order valence-electron chi connectivity index (χ1n) is 8.24. The molecule has 1 aromatic carbocycles. The molecule has 1 N–H and O–H groups in total. The molecular formula is C18H28N2O2S. The summed E-state index contributed by atoms with van der Waals surface area (Å²) in [5.74, 6) is 0.971. The van der Waals surface area contributed by atoms with E-state index in [4.69, 9.17) is 0 Å². The van der Waals surface area contributed by atoms with E-state index in [1.54, 1.807) is 24.3 Å². The van der Waals surface area contributed by atoms with Crippen molar-refractivity contribution in [3.05, 3.63) is 29.8 Å². The maximum absolute atomic E-state index is 12.3. The van der Waals surface area contributed by atoms with Crippen LogP contribution < -0.4 is 4.83 Å². The molecule has 0 amide bonds. The van der Waals surface area contributed by atoms with Crippen LogP contribution in [-0.4, -0.2) is 14.1 Å². The zero-order chi connectivity index (χ0) is 17.3. The molecule has 0 radical (unpaired) electrons. The number of hydrogen-bond donors (Lipinski definition) is 1. The van der Waals surface area contributed by atoms with E-state index >= 15 is 0 Å². The molecule has 128 valence electrons. The van der Waals surface area contributed by atoms with Crippen molar-refractivity contribution in [2.75, 3.05) is 0 Å². The van der Waals surface area contributed by atoms with Crippen molar-refractivity contribution in [1.82, 2.24) is 4.83 Å². The molecule has 0 unspecified atom stereocenters. The van der Waals surface area contributed by atoms with Crippen LogP contribution in [0.15, 0.2) is 34.3 Å². The van der Waals surface area contributed by atoms with Gasteiger partial charge in [0.1, 0.15) is 0 Å². The van der Waals surface area contributed by atoms with Gasteiger partial charge in [0.2, 0.25) is 0 Å². The molecule has 5 heteroatoms. The molecule has 1 fully saturated rings. The van der Waals surface area contributed by atoms with Crippen LogP contribution in [0.25, 0.3) is 0 Å². The molecule has 0 saturated heterocycles. The van der Waals surface area contributed by atoms with Crippen molar-refractivity contribution in [3.63, 3.8) is 0 Å². The average molecular weight is 337 g/mol. The molecule has 23 heavy (non-hydrogen) atoms. The fraction of sp³-hybridized carbons (Fsp3) is 0.611. The number of aryl methyl sites for hydroxylation is 1. The zero-order valence-corrected chi connectivity index (χ0v) is 15.6. The van der Waals surface area contributed by atoms with Crippen LogP contribution in [0, 0.1) is 24.2 Å². The average Bonchev–Trinajstić information content (AvgIpc) is 2.45. The standard InChI is InChI=1S/C18H28N2O2S/c1-13-6-9-16(10-7-13)23(21,22)20-19-17-11-8-15(12-14(17)2)18(3,4)5/h6-7,9-10,14-15,20H,8,11-12H2,1-5H3/b19-17-/t14-,15-/m0/s1. The molecule has 1 aliphatic carbocycles. The Bertz CT molecular complexity index is 670. The fourth-order valence-electron chi connectivity index (χ4n) is 3.09. The molecule has 0 aromatic heterocycles. The summed E-state index contributed by atoms with van der Waals surface area (Å²) in [5.41, 5.74) is 2.28. The summed E-state index contributed by atoms with van der Waals surface area (Å²) in [7, 11) is -3.58. The van der Waals surface area contributed by atoms with Crippen molar-refractivity contribution >= 4 is 15.7 Å². The summed E-state index contributed by atoms with van der Waals surface area (Å²) < 4.78 is 24.6. The van der Waals surface area contributed by atoms with Gasteiger partial charge in [0.05, 0.1) is 4.90 Å². The van der Waals surface area contributed by atoms with Gasteiger partial charge in [-0.3, -0.25) is 0 Å². The fourth-order valence-corrected chi connectivity index (χ4v) is 3.93. The van der Waals surface area contributed by atoms with E-state index in [-0.39, 0.29) is 4.90 Å². The SMILES string of the molecule is Cc1ccc(S(=O)(=O)N/N=C2/CC[C@H](C(C)(C)C)C[C@@H]2C)cc1. The summed E-state index contributed by atoms with van der Waals surface area (Å²) >= 11 is 0. The van der Waals surface area contributed by atoms with Crippen molar-refractivity contribution in [1.29, 1.82) is 0 Å². The molecule has 0 bridgehead atoms. The van der Waals surface area contributed by atoms with E-state index in [1.165, 1.54) is 0 Å². The predicted octanol–water partition coefficient (Wildman–Crippen LogP) is 4.11. The second kappa shape index (κ2) is 6.63.